The molecule has 2 aromatic rings. The second kappa shape index (κ2) is 8.08. The fourth-order valence-electron chi connectivity index (χ4n) is 2.08. The first-order valence-corrected chi connectivity index (χ1v) is 7.50. The summed E-state index contributed by atoms with van der Waals surface area (Å²) in [5.41, 5.74) is 0.853. The lowest BCUT2D eigenvalue weighted by atomic mass is 10.1. The van der Waals surface area contributed by atoms with Crippen molar-refractivity contribution in [1.29, 1.82) is 5.26 Å². The predicted octanol–water partition coefficient (Wildman–Crippen LogP) is 3.61. The molecule has 0 bridgehead atoms. The molecule has 2 N–H and O–H groups in total. The molecule has 25 heavy (non-hydrogen) atoms. The number of nitrogens with zero attached hydrogens (tertiary/aromatic N) is 1. The number of carbonyl (C=O) groups is 1. The third-order valence-electron chi connectivity index (χ3n) is 3.26. The van der Waals surface area contributed by atoms with Gasteiger partial charge < -0.3 is 19.9 Å². The SMILES string of the molecule is COc1cc(C=C(C#N)C(=O)Nc2ccc(O)cc2)cc(Cl)c1OC. The lowest BCUT2D eigenvalue weighted by Gasteiger charge is -2.10. The van der Waals surface area contributed by atoms with Crippen LogP contribution in [0.4, 0.5) is 5.69 Å². The van der Waals surface area contributed by atoms with Gasteiger partial charge in [-0.2, -0.15) is 5.26 Å². The summed E-state index contributed by atoms with van der Waals surface area (Å²) in [6, 6.07) is 10.9. The number of phenolic OH excluding ortho intramolecular Hbond substituents is 1. The highest BCUT2D eigenvalue weighted by atomic mass is 35.5. The van der Waals surface area contributed by atoms with Gasteiger partial charge in [0.25, 0.3) is 5.91 Å². The van der Waals surface area contributed by atoms with Crippen molar-refractivity contribution >= 4 is 29.3 Å². The Bertz CT molecular complexity index is 855. The molecule has 0 aliphatic carbocycles. The lowest BCUT2D eigenvalue weighted by Crippen LogP contribution is -2.13. The minimum atomic E-state index is -0.584. The number of hydrogen-bond acceptors (Lipinski definition) is 5. The van der Waals surface area contributed by atoms with Crippen molar-refractivity contribution in [2.75, 3.05) is 19.5 Å². The van der Waals surface area contributed by atoms with Crippen molar-refractivity contribution in [2.24, 2.45) is 0 Å². The summed E-state index contributed by atoms with van der Waals surface area (Å²) in [5, 5.41) is 21.4. The van der Waals surface area contributed by atoms with Gasteiger partial charge in [-0.15, -0.1) is 0 Å². The van der Waals surface area contributed by atoms with Crippen LogP contribution in [0.1, 0.15) is 5.56 Å². The Balaban J connectivity index is 2.30. The maximum Gasteiger partial charge on any atom is 0.266 e. The van der Waals surface area contributed by atoms with Crippen molar-refractivity contribution in [3.8, 4) is 23.3 Å². The summed E-state index contributed by atoms with van der Waals surface area (Å²) >= 11 is 6.12. The first-order chi connectivity index (χ1) is 12.0. The van der Waals surface area contributed by atoms with Crippen molar-refractivity contribution in [3.05, 3.63) is 52.6 Å². The molecule has 0 radical (unpaired) electrons. The number of phenols is 1. The van der Waals surface area contributed by atoms with E-state index < -0.39 is 5.91 Å². The number of methoxy groups -OCH3 is 2. The highest BCUT2D eigenvalue weighted by Gasteiger charge is 2.13. The summed E-state index contributed by atoms with van der Waals surface area (Å²) < 4.78 is 10.3. The second-order valence-electron chi connectivity index (χ2n) is 4.91. The fourth-order valence-corrected chi connectivity index (χ4v) is 2.38. The molecular weight excluding hydrogens is 344 g/mol. The number of carbonyl (C=O) groups excluding carboxylic acids is 1. The summed E-state index contributed by atoms with van der Waals surface area (Å²) in [5.74, 6) is 0.249. The van der Waals surface area contributed by atoms with Crippen LogP contribution in [0.25, 0.3) is 6.08 Å². The highest BCUT2D eigenvalue weighted by molar-refractivity contribution is 6.32. The summed E-state index contributed by atoms with van der Waals surface area (Å²) in [4.78, 5) is 12.2. The first-order valence-electron chi connectivity index (χ1n) is 7.12. The minimum Gasteiger partial charge on any atom is -0.508 e. The van der Waals surface area contributed by atoms with E-state index in [9.17, 15) is 15.2 Å². The molecule has 0 saturated heterocycles. The topological polar surface area (TPSA) is 91.6 Å². The van der Waals surface area contributed by atoms with Crippen molar-refractivity contribution in [1.82, 2.24) is 0 Å². The van der Waals surface area contributed by atoms with Crippen LogP contribution in [-0.4, -0.2) is 25.2 Å². The van der Waals surface area contributed by atoms with Crippen LogP contribution in [0.15, 0.2) is 42.0 Å². The van der Waals surface area contributed by atoms with E-state index in [1.807, 2.05) is 6.07 Å². The highest BCUT2D eigenvalue weighted by Crippen LogP contribution is 2.36. The molecule has 2 rings (SSSR count). The van der Waals surface area contributed by atoms with E-state index in [0.717, 1.165) is 0 Å². The number of nitriles is 1. The Kier molecular flexibility index (Phi) is 5.88. The van der Waals surface area contributed by atoms with Crippen LogP contribution >= 0.6 is 11.6 Å². The van der Waals surface area contributed by atoms with E-state index >= 15 is 0 Å². The standard InChI is InChI=1S/C18H15ClN2O4/c1-24-16-9-11(8-15(19)17(16)25-2)7-12(10-20)18(23)21-13-3-5-14(22)6-4-13/h3-9,22H,1-2H3,(H,21,23). The first kappa shape index (κ1) is 18.2. The second-order valence-corrected chi connectivity index (χ2v) is 5.32. The zero-order valence-electron chi connectivity index (χ0n) is 13.5. The number of hydrogen-bond donors (Lipinski definition) is 2. The molecule has 0 saturated carbocycles. The van der Waals surface area contributed by atoms with Crippen molar-refractivity contribution < 1.29 is 19.4 Å². The largest absolute Gasteiger partial charge is 0.508 e. The molecular formula is C18H15ClN2O4. The molecule has 128 valence electrons. The van der Waals surface area contributed by atoms with Gasteiger partial charge in [0.15, 0.2) is 11.5 Å². The number of aromatic hydroxyl groups is 1. The number of anilines is 1. The average molecular weight is 359 g/mol. The number of rotatable bonds is 5. The van der Waals surface area contributed by atoms with Gasteiger partial charge in [0.2, 0.25) is 0 Å². The van der Waals surface area contributed by atoms with Gasteiger partial charge in [-0.25, -0.2) is 0 Å². The van der Waals surface area contributed by atoms with Gasteiger partial charge in [-0.3, -0.25) is 4.79 Å². The number of ether oxygens (including phenoxy) is 2. The number of amides is 1. The van der Waals surface area contributed by atoms with Crippen LogP contribution in [0.3, 0.4) is 0 Å². The third kappa shape index (κ3) is 4.43. The van der Waals surface area contributed by atoms with Crippen molar-refractivity contribution in [2.45, 2.75) is 0 Å². The number of halogens is 1. The molecule has 0 aliphatic heterocycles. The van der Waals surface area contributed by atoms with E-state index in [1.165, 1.54) is 44.6 Å². The molecule has 1 amide bonds. The van der Waals surface area contributed by atoms with Gasteiger partial charge in [0.1, 0.15) is 17.4 Å². The van der Waals surface area contributed by atoms with E-state index in [4.69, 9.17) is 21.1 Å². The van der Waals surface area contributed by atoms with E-state index in [1.54, 1.807) is 12.1 Å². The van der Waals surface area contributed by atoms with Gasteiger partial charge >= 0.3 is 0 Å². The molecule has 7 heteroatoms. The Morgan fingerprint density at radius 1 is 1.24 bits per heavy atom. The number of benzene rings is 2. The molecule has 0 spiro atoms. The van der Waals surface area contributed by atoms with E-state index in [0.29, 0.717) is 27.8 Å². The molecule has 0 unspecified atom stereocenters. The Morgan fingerprint density at radius 3 is 2.48 bits per heavy atom. The molecule has 0 atom stereocenters. The summed E-state index contributed by atoms with van der Waals surface area (Å²) in [6.07, 6.45) is 1.39. The summed E-state index contributed by atoms with van der Waals surface area (Å²) in [7, 11) is 2.93. The van der Waals surface area contributed by atoms with Crippen LogP contribution < -0.4 is 14.8 Å². The molecule has 0 aromatic heterocycles. The van der Waals surface area contributed by atoms with Gasteiger partial charge in [-0.1, -0.05) is 11.6 Å². The molecule has 2 aromatic carbocycles. The van der Waals surface area contributed by atoms with Crippen LogP contribution in [0, 0.1) is 11.3 Å². The molecule has 0 aliphatic rings. The lowest BCUT2D eigenvalue weighted by molar-refractivity contribution is -0.112. The molecule has 0 fully saturated rings. The predicted molar refractivity (Wildman–Crippen MR) is 94.9 cm³/mol. The van der Waals surface area contributed by atoms with Gasteiger partial charge in [0, 0.05) is 5.69 Å². The maximum absolute atomic E-state index is 12.2. The average Bonchev–Trinajstić information content (AvgIpc) is 2.60. The summed E-state index contributed by atoms with van der Waals surface area (Å²) in [6.45, 7) is 0. The van der Waals surface area contributed by atoms with Gasteiger partial charge in [0.05, 0.1) is 19.2 Å². The molecule has 0 heterocycles. The third-order valence-corrected chi connectivity index (χ3v) is 3.54. The van der Waals surface area contributed by atoms with Crippen LogP contribution in [0.5, 0.6) is 17.2 Å². The van der Waals surface area contributed by atoms with Gasteiger partial charge in [-0.05, 0) is 48.0 Å². The fraction of sp³-hybridized carbons (Fsp3) is 0.111. The Hall–Kier alpha value is -3.17. The normalized spacial score (nSPS) is 10.7. The quantitative estimate of drug-likeness (QED) is 0.484. The van der Waals surface area contributed by atoms with Crippen molar-refractivity contribution in [3.63, 3.8) is 0 Å². The van der Waals surface area contributed by atoms with Crippen LogP contribution in [-0.2, 0) is 4.79 Å². The zero-order valence-corrected chi connectivity index (χ0v) is 14.3. The minimum absolute atomic E-state index is 0.0778. The maximum atomic E-state index is 12.2. The van der Waals surface area contributed by atoms with E-state index in [2.05, 4.69) is 5.32 Å². The zero-order chi connectivity index (χ0) is 18.4. The van der Waals surface area contributed by atoms with E-state index in [-0.39, 0.29) is 11.3 Å². The molecule has 6 nitrogen and oxygen atoms in total. The Morgan fingerprint density at radius 2 is 1.92 bits per heavy atom. The monoisotopic (exact) mass is 358 g/mol. The smallest absolute Gasteiger partial charge is 0.266 e. The Labute approximate surface area is 149 Å². The van der Waals surface area contributed by atoms with Crippen LogP contribution in [0.2, 0.25) is 5.02 Å². The number of nitrogens with one attached hydrogen (secondary N) is 1.